The Morgan fingerprint density at radius 3 is 2.32 bits per heavy atom. The molecule has 196 valence electrons. The van der Waals surface area contributed by atoms with Crippen molar-refractivity contribution in [3.63, 3.8) is 0 Å². The highest BCUT2D eigenvalue weighted by molar-refractivity contribution is 5.87. The molecule has 3 heterocycles. The molecule has 1 atom stereocenters. The summed E-state index contributed by atoms with van der Waals surface area (Å²) in [5.74, 6) is 1.24. The third-order valence-corrected chi connectivity index (χ3v) is 7.05. The van der Waals surface area contributed by atoms with Gasteiger partial charge in [-0.3, -0.25) is 9.59 Å². The quantitative estimate of drug-likeness (QED) is 0.377. The van der Waals surface area contributed by atoms with Crippen molar-refractivity contribution in [2.45, 2.75) is 51.6 Å². The van der Waals surface area contributed by atoms with Gasteiger partial charge in [-0.25, -0.2) is 4.98 Å². The van der Waals surface area contributed by atoms with Crippen LogP contribution in [0.1, 0.15) is 42.1 Å². The zero-order chi connectivity index (χ0) is 26.5. The van der Waals surface area contributed by atoms with Crippen molar-refractivity contribution in [3.8, 4) is 0 Å². The Hall–Kier alpha value is -4.27. The van der Waals surface area contributed by atoms with Gasteiger partial charge in [0.15, 0.2) is 0 Å². The molecule has 2 amide bonds. The molecule has 0 unspecified atom stereocenters. The number of carbonyl (C=O) groups excluding carboxylic acids is 2. The van der Waals surface area contributed by atoms with E-state index in [0.717, 1.165) is 55.0 Å². The average Bonchev–Trinajstić information content (AvgIpc) is 3.38. The van der Waals surface area contributed by atoms with Crippen molar-refractivity contribution < 1.29 is 9.59 Å². The minimum absolute atomic E-state index is 0.0255. The predicted octanol–water partition coefficient (Wildman–Crippen LogP) is 2.86. The minimum atomic E-state index is -0.608. The molecule has 9 nitrogen and oxygen atoms in total. The number of aromatic nitrogens is 4. The number of anilines is 1. The summed E-state index contributed by atoms with van der Waals surface area (Å²) in [5.41, 5.74) is 4.29. The Labute approximate surface area is 222 Å². The first kappa shape index (κ1) is 25.4. The molecule has 2 N–H and O–H groups in total. The molecule has 2 aromatic carbocycles. The standard InChI is InChI=1S/C29H33N7O2/c1-20-25(17-22-9-5-3-6-10-22)28(36-29(32-20)30-19-31-36)35-15-13-24(14-16-35)34-27(38)26(33-21(2)37)18-23-11-7-4-8-12-23/h3-12,19,24,26H,13-18H2,1-2H3,(H,33,37)(H,34,38)/t26-/m0/s1. The van der Waals surface area contributed by atoms with E-state index in [1.54, 1.807) is 6.33 Å². The molecular weight excluding hydrogens is 478 g/mol. The van der Waals surface area contributed by atoms with Gasteiger partial charge in [0.05, 0.1) is 0 Å². The maximum Gasteiger partial charge on any atom is 0.254 e. The van der Waals surface area contributed by atoms with Crippen LogP contribution in [0, 0.1) is 6.92 Å². The van der Waals surface area contributed by atoms with Crippen molar-refractivity contribution >= 4 is 23.4 Å². The van der Waals surface area contributed by atoms with Crippen LogP contribution in [0.2, 0.25) is 0 Å². The highest BCUT2D eigenvalue weighted by Gasteiger charge is 2.28. The van der Waals surface area contributed by atoms with E-state index in [1.165, 1.54) is 12.5 Å². The monoisotopic (exact) mass is 511 g/mol. The zero-order valence-electron chi connectivity index (χ0n) is 21.8. The second-order valence-corrected chi connectivity index (χ2v) is 9.85. The third-order valence-electron chi connectivity index (χ3n) is 7.05. The first-order valence-electron chi connectivity index (χ1n) is 13.1. The maximum absolute atomic E-state index is 13.2. The van der Waals surface area contributed by atoms with Crippen LogP contribution in [0.4, 0.5) is 5.82 Å². The summed E-state index contributed by atoms with van der Waals surface area (Å²) >= 11 is 0. The van der Waals surface area contributed by atoms with E-state index in [0.29, 0.717) is 12.2 Å². The molecule has 1 saturated heterocycles. The molecule has 9 heteroatoms. The highest BCUT2D eigenvalue weighted by atomic mass is 16.2. The molecule has 0 bridgehead atoms. The van der Waals surface area contributed by atoms with Crippen molar-refractivity contribution in [1.82, 2.24) is 30.2 Å². The lowest BCUT2D eigenvalue weighted by Gasteiger charge is -2.35. The molecular formula is C29H33N7O2. The molecule has 0 saturated carbocycles. The fourth-order valence-corrected chi connectivity index (χ4v) is 5.14. The van der Waals surface area contributed by atoms with Gasteiger partial charge in [-0.15, -0.1) is 0 Å². The molecule has 1 fully saturated rings. The first-order valence-corrected chi connectivity index (χ1v) is 13.1. The number of hydrogen-bond donors (Lipinski definition) is 2. The van der Waals surface area contributed by atoms with Crippen LogP contribution < -0.4 is 15.5 Å². The highest BCUT2D eigenvalue weighted by Crippen LogP contribution is 2.28. The molecule has 0 spiro atoms. The summed E-state index contributed by atoms with van der Waals surface area (Å²) in [4.78, 5) is 36.3. The molecule has 1 aliphatic rings. The van der Waals surface area contributed by atoms with Crippen LogP contribution in [0.15, 0.2) is 67.0 Å². The van der Waals surface area contributed by atoms with Crippen LogP contribution >= 0.6 is 0 Å². The molecule has 38 heavy (non-hydrogen) atoms. The van der Waals surface area contributed by atoms with Crippen molar-refractivity contribution in [2.75, 3.05) is 18.0 Å². The van der Waals surface area contributed by atoms with Gasteiger partial charge in [0.1, 0.15) is 18.2 Å². The van der Waals surface area contributed by atoms with Crippen molar-refractivity contribution in [1.29, 1.82) is 0 Å². The Balaban J connectivity index is 1.30. The van der Waals surface area contributed by atoms with Crippen LogP contribution in [0.25, 0.3) is 5.78 Å². The Kier molecular flexibility index (Phi) is 7.62. The van der Waals surface area contributed by atoms with Crippen molar-refractivity contribution in [2.24, 2.45) is 0 Å². The lowest BCUT2D eigenvalue weighted by molar-refractivity contribution is -0.128. The molecule has 1 aliphatic heterocycles. The van der Waals surface area contributed by atoms with Crippen molar-refractivity contribution in [3.05, 3.63) is 89.4 Å². The molecule has 0 radical (unpaired) electrons. The zero-order valence-corrected chi connectivity index (χ0v) is 21.8. The second kappa shape index (κ2) is 11.4. The number of amides is 2. The fraction of sp³-hybridized carbons (Fsp3) is 0.345. The third kappa shape index (κ3) is 5.82. The summed E-state index contributed by atoms with van der Waals surface area (Å²) in [5, 5.41) is 10.5. The van der Waals surface area contributed by atoms with E-state index < -0.39 is 6.04 Å². The number of nitrogens with one attached hydrogen (secondary N) is 2. The number of piperidine rings is 1. The molecule has 4 aromatic rings. The number of fused-ring (bicyclic) bond motifs is 1. The summed E-state index contributed by atoms with van der Waals surface area (Å²) in [7, 11) is 0. The van der Waals surface area contributed by atoms with E-state index in [4.69, 9.17) is 4.98 Å². The lowest BCUT2D eigenvalue weighted by atomic mass is 10.00. The van der Waals surface area contributed by atoms with Gasteiger partial charge in [0, 0.05) is 50.2 Å². The Bertz CT molecular complexity index is 1400. The molecule has 0 aliphatic carbocycles. The van der Waals surface area contributed by atoms with Gasteiger partial charge in [-0.2, -0.15) is 14.6 Å². The number of rotatable bonds is 8. The van der Waals surface area contributed by atoms with E-state index in [2.05, 4.69) is 37.7 Å². The number of benzene rings is 2. The maximum atomic E-state index is 13.2. The Morgan fingerprint density at radius 2 is 1.66 bits per heavy atom. The van der Waals surface area contributed by atoms with Crippen LogP contribution in [0.3, 0.4) is 0 Å². The van der Waals surface area contributed by atoms with Gasteiger partial charge in [0.25, 0.3) is 5.78 Å². The first-order chi connectivity index (χ1) is 18.5. The summed E-state index contributed by atoms with van der Waals surface area (Å²) in [6, 6.07) is 19.5. The Morgan fingerprint density at radius 1 is 1.00 bits per heavy atom. The van der Waals surface area contributed by atoms with E-state index in [1.807, 2.05) is 60.0 Å². The van der Waals surface area contributed by atoms with Gasteiger partial charge in [-0.1, -0.05) is 60.7 Å². The number of aryl methyl sites for hydroxylation is 1. The van der Waals surface area contributed by atoms with Crippen LogP contribution in [0.5, 0.6) is 0 Å². The number of carbonyl (C=O) groups is 2. The van der Waals surface area contributed by atoms with E-state index in [-0.39, 0.29) is 17.9 Å². The second-order valence-electron chi connectivity index (χ2n) is 9.85. The SMILES string of the molecule is CC(=O)N[C@@H](Cc1ccccc1)C(=O)NC1CCN(c2c(Cc3ccccc3)c(C)nc3ncnn23)CC1. The summed E-state index contributed by atoms with van der Waals surface area (Å²) in [6.07, 6.45) is 4.31. The summed E-state index contributed by atoms with van der Waals surface area (Å²) < 4.78 is 1.83. The lowest BCUT2D eigenvalue weighted by Crippen LogP contribution is -2.52. The van der Waals surface area contributed by atoms with Crippen LogP contribution in [-0.2, 0) is 22.4 Å². The van der Waals surface area contributed by atoms with Gasteiger partial charge in [0.2, 0.25) is 11.8 Å². The van der Waals surface area contributed by atoms with E-state index >= 15 is 0 Å². The fourth-order valence-electron chi connectivity index (χ4n) is 5.14. The molecule has 2 aromatic heterocycles. The van der Waals surface area contributed by atoms with Gasteiger partial charge < -0.3 is 15.5 Å². The van der Waals surface area contributed by atoms with Crippen LogP contribution in [-0.4, -0.2) is 56.6 Å². The minimum Gasteiger partial charge on any atom is -0.356 e. The normalized spacial score (nSPS) is 14.8. The van der Waals surface area contributed by atoms with Gasteiger partial charge in [-0.05, 0) is 30.9 Å². The largest absolute Gasteiger partial charge is 0.356 e. The van der Waals surface area contributed by atoms with E-state index in [9.17, 15) is 9.59 Å². The average molecular weight is 512 g/mol. The topological polar surface area (TPSA) is 105 Å². The predicted molar refractivity (Wildman–Crippen MR) is 146 cm³/mol. The van der Waals surface area contributed by atoms with Gasteiger partial charge >= 0.3 is 0 Å². The number of nitrogens with zero attached hydrogens (tertiary/aromatic N) is 5. The summed E-state index contributed by atoms with van der Waals surface area (Å²) in [6.45, 7) is 4.99. The number of hydrogen-bond acceptors (Lipinski definition) is 6. The smallest absolute Gasteiger partial charge is 0.254 e. The molecule has 5 rings (SSSR count).